The van der Waals surface area contributed by atoms with Crippen LogP contribution in [0.1, 0.15) is 27.9 Å². The van der Waals surface area contributed by atoms with Gasteiger partial charge in [0, 0.05) is 20.2 Å². The maximum Gasteiger partial charge on any atom is 0.356 e. The van der Waals surface area contributed by atoms with Crippen molar-refractivity contribution < 1.29 is 14.3 Å². The number of hydrogen-bond acceptors (Lipinski definition) is 5. The number of amides is 1. The van der Waals surface area contributed by atoms with Crippen LogP contribution in [0.25, 0.3) is 11.0 Å². The highest BCUT2D eigenvalue weighted by Crippen LogP contribution is 2.18. The summed E-state index contributed by atoms with van der Waals surface area (Å²) in [6.07, 6.45) is 0. The molecule has 2 heterocycles. The molecule has 0 unspecified atom stereocenters. The number of rotatable bonds is 4. The van der Waals surface area contributed by atoms with Gasteiger partial charge in [-0.15, -0.1) is 0 Å². The highest BCUT2D eigenvalue weighted by molar-refractivity contribution is 6.04. The van der Waals surface area contributed by atoms with Gasteiger partial charge in [-0.2, -0.15) is 5.10 Å². The van der Waals surface area contributed by atoms with E-state index in [-0.39, 0.29) is 18.0 Å². The summed E-state index contributed by atoms with van der Waals surface area (Å²) in [5.74, 6) is -0.557. The monoisotopic (exact) mass is 327 g/mol. The minimum Gasteiger partial charge on any atom is -0.461 e. The minimum absolute atomic E-state index is 0.118. The highest BCUT2D eigenvalue weighted by atomic mass is 16.5. The summed E-state index contributed by atoms with van der Waals surface area (Å²) in [6, 6.07) is 8.96. The van der Waals surface area contributed by atoms with E-state index in [1.165, 1.54) is 10.7 Å². The van der Waals surface area contributed by atoms with Gasteiger partial charge in [-0.05, 0) is 19.1 Å². The number of imidazole rings is 1. The average Bonchev–Trinajstić information content (AvgIpc) is 3.09. The zero-order valence-electron chi connectivity index (χ0n) is 13.6. The molecule has 3 rings (SSSR count). The van der Waals surface area contributed by atoms with E-state index in [9.17, 15) is 9.59 Å². The van der Waals surface area contributed by atoms with E-state index in [4.69, 9.17) is 4.74 Å². The third-order valence-electron chi connectivity index (χ3n) is 3.61. The zero-order valence-corrected chi connectivity index (χ0v) is 13.6. The molecule has 0 spiro atoms. The van der Waals surface area contributed by atoms with Gasteiger partial charge in [-0.3, -0.25) is 14.8 Å². The molecule has 3 aromatic rings. The number of fused-ring (bicyclic) bond motifs is 1. The van der Waals surface area contributed by atoms with Gasteiger partial charge in [0.05, 0.1) is 17.6 Å². The first-order chi connectivity index (χ1) is 11.5. The topological polar surface area (TPSA) is 91.0 Å². The number of esters is 1. The SMILES string of the molecule is CCOC(=O)c1cc(C(=O)Nc2nc3ccccc3n2C)nn1C. The smallest absolute Gasteiger partial charge is 0.356 e. The number of hydrogen-bond donors (Lipinski definition) is 1. The summed E-state index contributed by atoms with van der Waals surface area (Å²) in [6.45, 7) is 1.97. The van der Waals surface area contributed by atoms with Crippen LogP contribution in [0.15, 0.2) is 30.3 Å². The second kappa shape index (κ2) is 6.15. The maximum absolute atomic E-state index is 12.4. The lowest BCUT2D eigenvalue weighted by atomic mass is 10.3. The standard InChI is InChI=1S/C16H17N5O3/c1-4-24-15(23)13-9-11(19-21(13)3)14(22)18-16-17-10-7-5-6-8-12(10)20(16)2/h5-9H,4H2,1-3H3,(H,17,18,22). The van der Waals surface area contributed by atoms with E-state index >= 15 is 0 Å². The Morgan fingerprint density at radius 3 is 2.71 bits per heavy atom. The van der Waals surface area contributed by atoms with E-state index in [0.29, 0.717) is 5.95 Å². The summed E-state index contributed by atoms with van der Waals surface area (Å²) in [5.41, 5.74) is 2.02. The van der Waals surface area contributed by atoms with Gasteiger partial charge < -0.3 is 9.30 Å². The lowest BCUT2D eigenvalue weighted by molar-refractivity contribution is 0.0513. The predicted octanol–water partition coefficient (Wildman–Crippen LogP) is 1.74. The first-order valence-corrected chi connectivity index (χ1v) is 7.45. The molecule has 0 aliphatic carbocycles. The Bertz CT molecular complexity index is 925. The van der Waals surface area contributed by atoms with Gasteiger partial charge in [-0.25, -0.2) is 9.78 Å². The van der Waals surface area contributed by atoms with Crippen LogP contribution in [0.3, 0.4) is 0 Å². The quantitative estimate of drug-likeness (QED) is 0.737. The van der Waals surface area contributed by atoms with Crippen LogP contribution >= 0.6 is 0 Å². The summed E-state index contributed by atoms with van der Waals surface area (Å²) in [5, 5.41) is 6.77. The van der Waals surface area contributed by atoms with Crippen molar-refractivity contribution in [1.29, 1.82) is 0 Å². The molecule has 124 valence electrons. The third kappa shape index (κ3) is 2.73. The number of aryl methyl sites for hydroxylation is 2. The lowest BCUT2D eigenvalue weighted by Crippen LogP contribution is -2.15. The lowest BCUT2D eigenvalue weighted by Gasteiger charge is -2.02. The van der Waals surface area contributed by atoms with E-state index in [0.717, 1.165) is 11.0 Å². The van der Waals surface area contributed by atoms with Crippen LogP contribution in [0, 0.1) is 0 Å². The number of nitrogens with one attached hydrogen (secondary N) is 1. The van der Waals surface area contributed by atoms with E-state index < -0.39 is 11.9 Å². The Hall–Kier alpha value is -3.16. The van der Waals surface area contributed by atoms with Gasteiger partial charge in [0.1, 0.15) is 5.69 Å². The van der Waals surface area contributed by atoms with Crippen LogP contribution < -0.4 is 5.32 Å². The second-order valence-corrected chi connectivity index (χ2v) is 5.20. The van der Waals surface area contributed by atoms with Gasteiger partial charge >= 0.3 is 5.97 Å². The molecule has 0 atom stereocenters. The molecule has 1 N–H and O–H groups in total. The van der Waals surface area contributed by atoms with Crippen LogP contribution in [-0.2, 0) is 18.8 Å². The third-order valence-corrected chi connectivity index (χ3v) is 3.61. The van der Waals surface area contributed by atoms with Crippen LogP contribution in [0.2, 0.25) is 0 Å². The van der Waals surface area contributed by atoms with Gasteiger partial charge in [0.25, 0.3) is 5.91 Å². The van der Waals surface area contributed by atoms with Crippen molar-refractivity contribution in [3.05, 3.63) is 41.7 Å². The Morgan fingerprint density at radius 2 is 2.00 bits per heavy atom. The largest absolute Gasteiger partial charge is 0.461 e. The van der Waals surface area contributed by atoms with Gasteiger partial charge in [0.15, 0.2) is 5.69 Å². The zero-order chi connectivity index (χ0) is 17.3. The van der Waals surface area contributed by atoms with Gasteiger partial charge in [-0.1, -0.05) is 12.1 Å². The molecule has 0 aliphatic rings. The Labute approximate surface area is 138 Å². The van der Waals surface area contributed by atoms with Gasteiger partial charge in [0.2, 0.25) is 5.95 Å². The molecule has 0 saturated carbocycles. The molecule has 8 nitrogen and oxygen atoms in total. The molecular weight excluding hydrogens is 310 g/mol. The minimum atomic E-state index is -0.519. The fourth-order valence-electron chi connectivity index (χ4n) is 2.40. The summed E-state index contributed by atoms with van der Waals surface area (Å²) in [7, 11) is 3.39. The summed E-state index contributed by atoms with van der Waals surface area (Å²) in [4.78, 5) is 28.6. The fraction of sp³-hybridized carbons (Fsp3) is 0.250. The Balaban J connectivity index is 1.85. The molecule has 0 aliphatic heterocycles. The van der Waals surface area contributed by atoms with Crippen molar-refractivity contribution >= 4 is 28.9 Å². The Kier molecular flexibility index (Phi) is 4.03. The number of anilines is 1. The second-order valence-electron chi connectivity index (χ2n) is 5.20. The van der Waals surface area contributed by atoms with E-state index in [2.05, 4.69) is 15.4 Å². The normalized spacial score (nSPS) is 10.8. The first-order valence-electron chi connectivity index (χ1n) is 7.45. The molecule has 8 heteroatoms. The molecule has 1 aromatic carbocycles. The van der Waals surface area contributed by atoms with Crippen molar-refractivity contribution in [2.45, 2.75) is 6.92 Å². The molecule has 0 radical (unpaired) electrons. The highest BCUT2D eigenvalue weighted by Gasteiger charge is 2.20. The number of carbonyl (C=O) groups is 2. The number of aromatic nitrogens is 4. The van der Waals surface area contributed by atoms with Crippen molar-refractivity contribution in [2.75, 3.05) is 11.9 Å². The van der Waals surface area contributed by atoms with Crippen LogP contribution in [-0.4, -0.2) is 37.8 Å². The number of para-hydroxylation sites is 2. The van der Waals surface area contributed by atoms with E-state index in [1.807, 2.05) is 31.3 Å². The summed E-state index contributed by atoms with van der Waals surface area (Å²) >= 11 is 0. The van der Waals surface area contributed by atoms with Crippen LogP contribution in [0.4, 0.5) is 5.95 Å². The number of nitrogens with zero attached hydrogens (tertiary/aromatic N) is 4. The van der Waals surface area contributed by atoms with Crippen molar-refractivity contribution in [3.8, 4) is 0 Å². The first kappa shape index (κ1) is 15.7. The van der Waals surface area contributed by atoms with E-state index in [1.54, 1.807) is 18.5 Å². The molecule has 24 heavy (non-hydrogen) atoms. The predicted molar refractivity (Wildman–Crippen MR) is 87.8 cm³/mol. The molecule has 1 amide bonds. The number of benzene rings is 1. The number of ether oxygens (including phenoxy) is 1. The molecule has 0 bridgehead atoms. The molecule has 0 fully saturated rings. The molecule has 2 aromatic heterocycles. The molecule has 0 saturated heterocycles. The average molecular weight is 327 g/mol. The summed E-state index contributed by atoms with van der Waals surface area (Å²) < 4.78 is 8.03. The van der Waals surface area contributed by atoms with Crippen molar-refractivity contribution in [3.63, 3.8) is 0 Å². The van der Waals surface area contributed by atoms with Crippen molar-refractivity contribution in [2.24, 2.45) is 14.1 Å². The molecular formula is C16H17N5O3. The fourth-order valence-corrected chi connectivity index (χ4v) is 2.40. The maximum atomic E-state index is 12.4. The number of carbonyl (C=O) groups excluding carboxylic acids is 2. The van der Waals surface area contributed by atoms with Crippen LogP contribution in [0.5, 0.6) is 0 Å². The van der Waals surface area contributed by atoms with Crippen molar-refractivity contribution in [1.82, 2.24) is 19.3 Å². The Morgan fingerprint density at radius 1 is 1.25 bits per heavy atom.